The van der Waals surface area contributed by atoms with Crippen molar-refractivity contribution in [2.45, 2.75) is 18.0 Å². The van der Waals surface area contributed by atoms with Crippen LogP contribution in [0.15, 0.2) is 47.2 Å². The van der Waals surface area contributed by atoms with E-state index < -0.39 is 5.92 Å². The molecule has 0 radical (unpaired) electrons. The Bertz CT molecular complexity index is 941. The van der Waals surface area contributed by atoms with Gasteiger partial charge < -0.3 is 4.74 Å². The fourth-order valence-electron chi connectivity index (χ4n) is 2.32. The minimum absolute atomic E-state index is 0.157. The first-order chi connectivity index (χ1) is 12.6. The number of ketones is 1. The standard InChI is InChI=1S/C18H16N4O2S2/c1-12-10-25-17(21-12)15(9-19)16(23)11-26-18-20-7-8-22(18)13-3-5-14(24-2)6-4-13/h3-8,10,15H,11H2,1-2H3/t15-/m1/s1. The van der Waals surface area contributed by atoms with Gasteiger partial charge in [-0.1, -0.05) is 11.8 Å². The van der Waals surface area contributed by atoms with E-state index in [2.05, 4.69) is 16.0 Å². The molecule has 0 N–H and O–H groups in total. The summed E-state index contributed by atoms with van der Waals surface area (Å²) >= 11 is 2.65. The van der Waals surface area contributed by atoms with E-state index in [1.54, 1.807) is 13.3 Å². The molecular formula is C18H16N4O2S2. The SMILES string of the molecule is COc1ccc(-n2ccnc2SCC(=O)[C@@H](C#N)c2nc(C)cs2)cc1. The van der Waals surface area contributed by atoms with Crippen LogP contribution >= 0.6 is 23.1 Å². The first-order valence-corrected chi connectivity index (χ1v) is 9.64. The summed E-state index contributed by atoms with van der Waals surface area (Å²) in [6.07, 6.45) is 3.52. The van der Waals surface area contributed by atoms with Crippen molar-refractivity contribution in [2.75, 3.05) is 12.9 Å². The van der Waals surface area contributed by atoms with Gasteiger partial charge in [-0.05, 0) is 31.2 Å². The van der Waals surface area contributed by atoms with Crippen molar-refractivity contribution in [2.24, 2.45) is 0 Å². The highest BCUT2D eigenvalue weighted by Crippen LogP contribution is 2.26. The molecule has 2 heterocycles. The van der Waals surface area contributed by atoms with Gasteiger partial charge >= 0.3 is 0 Å². The summed E-state index contributed by atoms with van der Waals surface area (Å²) < 4.78 is 7.06. The number of ether oxygens (including phenoxy) is 1. The zero-order valence-electron chi connectivity index (χ0n) is 14.2. The number of imidazole rings is 1. The molecule has 0 spiro atoms. The maximum Gasteiger partial charge on any atom is 0.173 e. The smallest absolute Gasteiger partial charge is 0.173 e. The zero-order chi connectivity index (χ0) is 18.5. The molecule has 1 atom stereocenters. The molecule has 0 aliphatic heterocycles. The molecule has 3 aromatic rings. The lowest BCUT2D eigenvalue weighted by Gasteiger charge is -2.09. The summed E-state index contributed by atoms with van der Waals surface area (Å²) in [5.74, 6) is -0.0695. The molecule has 0 aliphatic carbocycles. The fourth-order valence-corrected chi connectivity index (χ4v) is 4.06. The molecule has 0 fully saturated rings. The van der Waals surface area contributed by atoms with Gasteiger partial charge in [-0.2, -0.15) is 5.26 Å². The Morgan fingerprint density at radius 1 is 1.42 bits per heavy atom. The van der Waals surface area contributed by atoms with Crippen LogP contribution in [0.3, 0.4) is 0 Å². The van der Waals surface area contributed by atoms with Gasteiger partial charge in [-0.25, -0.2) is 9.97 Å². The first kappa shape index (κ1) is 18.2. The highest BCUT2D eigenvalue weighted by Gasteiger charge is 2.23. The van der Waals surface area contributed by atoms with Gasteiger partial charge in [0.25, 0.3) is 0 Å². The number of aromatic nitrogens is 3. The van der Waals surface area contributed by atoms with Crippen LogP contribution in [0.4, 0.5) is 0 Å². The van der Waals surface area contributed by atoms with Gasteiger partial charge in [0.1, 0.15) is 10.8 Å². The number of carbonyl (C=O) groups excluding carboxylic acids is 1. The van der Waals surface area contributed by atoms with E-state index in [1.165, 1.54) is 23.1 Å². The molecular weight excluding hydrogens is 368 g/mol. The molecule has 3 rings (SSSR count). The van der Waals surface area contributed by atoms with Crippen molar-refractivity contribution in [1.82, 2.24) is 14.5 Å². The Hall–Kier alpha value is -2.63. The predicted octanol–water partition coefficient (Wildman–Crippen LogP) is 3.61. The Balaban J connectivity index is 1.71. The third-order valence-corrected chi connectivity index (χ3v) is 5.65. The Morgan fingerprint density at radius 3 is 2.81 bits per heavy atom. The molecule has 8 heteroatoms. The van der Waals surface area contributed by atoms with Crippen LogP contribution in [0.25, 0.3) is 5.69 Å². The molecule has 0 unspecified atom stereocenters. The van der Waals surface area contributed by atoms with Gasteiger partial charge in [-0.15, -0.1) is 11.3 Å². The van der Waals surface area contributed by atoms with Gasteiger partial charge in [0, 0.05) is 29.2 Å². The van der Waals surface area contributed by atoms with Crippen LogP contribution in [-0.2, 0) is 4.79 Å². The van der Waals surface area contributed by atoms with E-state index in [0.717, 1.165) is 17.1 Å². The number of hydrogen-bond acceptors (Lipinski definition) is 7. The van der Waals surface area contributed by atoms with Crippen LogP contribution in [0, 0.1) is 18.3 Å². The predicted molar refractivity (Wildman–Crippen MR) is 101 cm³/mol. The Labute approximate surface area is 159 Å². The highest BCUT2D eigenvalue weighted by molar-refractivity contribution is 7.99. The molecule has 0 aliphatic rings. The molecule has 0 saturated heterocycles. The van der Waals surface area contributed by atoms with Crippen molar-refractivity contribution in [3.05, 3.63) is 52.7 Å². The minimum atomic E-state index is -0.828. The van der Waals surface area contributed by atoms with E-state index in [1.807, 2.05) is 47.3 Å². The number of Topliss-reactive ketones (excluding diaryl/α,β-unsaturated/α-hetero) is 1. The number of hydrogen-bond donors (Lipinski definition) is 0. The highest BCUT2D eigenvalue weighted by atomic mass is 32.2. The number of aryl methyl sites for hydroxylation is 1. The summed E-state index contributed by atoms with van der Waals surface area (Å²) in [6.45, 7) is 1.85. The summed E-state index contributed by atoms with van der Waals surface area (Å²) in [4.78, 5) is 21.1. The molecule has 132 valence electrons. The van der Waals surface area contributed by atoms with Crippen LogP contribution in [-0.4, -0.2) is 33.2 Å². The lowest BCUT2D eigenvalue weighted by molar-refractivity contribution is -0.116. The van der Waals surface area contributed by atoms with Gasteiger partial charge in [0.05, 0.1) is 18.9 Å². The van der Waals surface area contributed by atoms with Crippen molar-refractivity contribution < 1.29 is 9.53 Å². The number of methoxy groups -OCH3 is 1. The molecule has 0 bridgehead atoms. The van der Waals surface area contributed by atoms with E-state index >= 15 is 0 Å². The maximum atomic E-state index is 12.5. The largest absolute Gasteiger partial charge is 0.497 e. The maximum absolute atomic E-state index is 12.5. The average Bonchev–Trinajstić information content (AvgIpc) is 3.30. The van der Waals surface area contributed by atoms with Crippen LogP contribution in [0.5, 0.6) is 5.75 Å². The van der Waals surface area contributed by atoms with Gasteiger partial charge in [-0.3, -0.25) is 9.36 Å². The van der Waals surface area contributed by atoms with Crippen molar-refractivity contribution in [3.63, 3.8) is 0 Å². The van der Waals surface area contributed by atoms with E-state index in [-0.39, 0.29) is 11.5 Å². The molecule has 0 saturated carbocycles. The minimum Gasteiger partial charge on any atom is -0.497 e. The zero-order valence-corrected chi connectivity index (χ0v) is 15.9. The summed E-state index contributed by atoms with van der Waals surface area (Å²) in [6, 6.07) is 9.64. The number of nitrogens with zero attached hydrogens (tertiary/aromatic N) is 4. The van der Waals surface area contributed by atoms with Crippen LogP contribution < -0.4 is 4.74 Å². The number of thiazole rings is 1. The fraction of sp³-hybridized carbons (Fsp3) is 0.222. The van der Waals surface area contributed by atoms with Crippen LogP contribution in [0.1, 0.15) is 16.6 Å². The van der Waals surface area contributed by atoms with Crippen LogP contribution in [0.2, 0.25) is 0 Å². The van der Waals surface area contributed by atoms with Crippen molar-refractivity contribution in [1.29, 1.82) is 5.26 Å². The third kappa shape index (κ3) is 3.95. The summed E-state index contributed by atoms with van der Waals surface area (Å²) in [7, 11) is 1.62. The molecule has 2 aromatic heterocycles. The number of rotatable bonds is 7. The van der Waals surface area contributed by atoms with Crippen molar-refractivity contribution in [3.8, 4) is 17.5 Å². The summed E-state index contributed by atoms with van der Waals surface area (Å²) in [5.41, 5.74) is 1.74. The first-order valence-electron chi connectivity index (χ1n) is 7.77. The van der Waals surface area contributed by atoms with Gasteiger partial charge in [0.2, 0.25) is 0 Å². The van der Waals surface area contributed by atoms with Gasteiger partial charge in [0.15, 0.2) is 16.9 Å². The molecule has 0 amide bonds. The lowest BCUT2D eigenvalue weighted by Crippen LogP contribution is -2.13. The topological polar surface area (TPSA) is 80.8 Å². The second-order valence-corrected chi connectivity index (χ2v) is 7.25. The normalized spacial score (nSPS) is 11.7. The number of benzene rings is 1. The average molecular weight is 384 g/mol. The molecule has 1 aromatic carbocycles. The second-order valence-electron chi connectivity index (χ2n) is 5.42. The summed E-state index contributed by atoms with van der Waals surface area (Å²) in [5, 5.41) is 12.4. The number of carbonyl (C=O) groups is 1. The molecule has 26 heavy (non-hydrogen) atoms. The van der Waals surface area contributed by atoms with Crippen molar-refractivity contribution >= 4 is 28.9 Å². The lowest BCUT2D eigenvalue weighted by atomic mass is 10.1. The monoisotopic (exact) mass is 384 g/mol. The van der Waals surface area contributed by atoms with E-state index in [9.17, 15) is 10.1 Å². The molecule has 6 nitrogen and oxygen atoms in total. The quantitative estimate of drug-likeness (QED) is 0.579. The van der Waals surface area contributed by atoms with E-state index in [0.29, 0.717) is 10.2 Å². The number of nitriles is 1. The Kier molecular flexibility index (Phi) is 5.71. The second kappa shape index (κ2) is 8.17. The van der Waals surface area contributed by atoms with E-state index in [4.69, 9.17) is 4.74 Å². The number of thioether (sulfide) groups is 1. The third-order valence-electron chi connectivity index (χ3n) is 3.64. The Morgan fingerprint density at radius 2 is 2.19 bits per heavy atom.